The van der Waals surface area contributed by atoms with Gasteiger partial charge in [0.05, 0.1) is 0 Å². The number of anilines is 1. The normalized spacial score (nSPS) is 43.4. The minimum absolute atomic E-state index is 0.505. The molecule has 2 nitrogen and oxygen atoms in total. The van der Waals surface area contributed by atoms with Crippen molar-refractivity contribution < 1.29 is 0 Å². The van der Waals surface area contributed by atoms with E-state index in [1.165, 1.54) is 44.3 Å². The second kappa shape index (κ2) is 2.90. The van der Waals surface area contributed by atoms with Crippen LogP contribution in [0.3, 0.4) is 0 Å². The molecule has 4 heterocycles. The molecule has 0 unspecified atom stereocenters. The van der Waals surface area contributed by atoms with Crippen molar-refractivity contribution in [2.24, 2.45) is 12.5 Å². The molecule has 0 spiro atoms. The van der Waals surface area contributed by atoms with Gasteiger partial charge in [-0.05, 0) is 63.0 Å². The van der Waals surface area contributed by atoms with Gasteiger partial charge < -0.3 is 9.47 Å². The maximum absolute atomic E-state index is 2.78. The standard InChI is InChI=1S/C15H22N2/c1-12-14-5-8-15(9-6-14,10-7-14)17(12)13-4-3-11-16(13)2/h3-4,11-12H,5-10H2,1-2H3/t12-,14?,15?/m0/s1. The number of piperidine rings is 3. The third kappa shape index (κ3) is 1.03. The lowest BCUT2D eigenvalue weighted by Crippen LogP contribution is -2.71. The van der Waals surface area contributed by atoms with Crippen LogP contribution < -0.4 is 4.90 Å². The van der Waals surface area contributed by atoms with Crippen molar-refractivity contribution in [1.82, 2.24) is 4.57 Å². The molecule has 1 atom stereocenters. The molecule has 0 amide bonds. The fourth-order valence-corrected chi connectivity index (χ4v) is 5.01. The highest BCUT2D eigenvalue weighted by atomic mass is 15.3. The number of aryl methyl sites for hydroxylation is 1. The molecule has 1 aromatic rings. The number of aromatic nitrogens is 1. The van der Waals surface area contributed by atoms with Gasteiger partial charge in [0.25, 0.3) is 0 Å². The van der Waals surface area contributed by atoms with Crippen molar-refractivity contribution in [3.63, 3.8) is 0 Å². The van der Waals surface area contributed by atoms with Gasteiger partial charge in [0.2, 0.25) is 0 Å². The molecule has 6 fully saturated rings. The van der Waals surface area contributed by atoms with E-state index in [2.05, 4.69) is 41.8 Å². The van der Waals surface area contributed by atoms with Crippen LogP contribution in [0.1, 0.15) is 45.4 Å². The molecule has 3 aliphatic heterocycles. The van der Waals surface area contributed by atoms with E-state index in [0.717, 1.165) is 6.04 Å². The summed E-state index contributed by atoms with van der Waals surface area (Å²) in [5, 5.41) is 0. The third-order valence-corrected chi connectivity index (χ3v) is 6.21. The molecule has 3 saturated carbocycles. The average molecular weight is 230 g/mol. The zero-order valence-corrected chi connectivity index (χ0v) is 10.9. The van der Waals surface area contributed by atoms with Crippen LogP contribution >= 0.6 is 0 Å². The molecule has 2 heteroatoms. The third-order valence-electron chi connectivity index (χ3n) is 6.21. The summed E-state index contributed by atoms with van der Waals surface area (Å²) in [5.41, 5.74) is 1.15. The minimum atomic E-state index is 0.505. The molecule has 3 saturated heterocycles. The quantitative estimate of drug-likeness (QED) is 0.718. The monoisotopic (exact) mass is 230 g/mol. The summed E-state index contributed by atoms with van der Waals surface area (Å²) in [5.74, 6) is 1.45. The lowest BCUT2D eigenvalue weighted by molar-refractivity contribution is -0.0456. The highest BCUT2D eigenvalue weighted by Gasteiger charge is 2.62. The van der Waals surface area contributed by atoms with Crippen LogP contribution in [0.15, 0.2) is 18.3 Å². The zero-order valence-electron chi connectivity index (χ0n) is 10.9. The Bertz CT molecular complexity index is 435. The Morgan fingerprint density at radius 1 is 1.12 bits per heavy atom. The second-order valence-electron chi connectivity index (χ2n) is 6.61. The molecule has 1 aromatic heterocycles. The van der Waals surface area contributed by atoms with E-state index in [1.54, 1.807) is 0 Å². The Morgan fingerprint density at radius 3 is 2.24 bits per heavy atom. The summed E-state index contributed by atoms with van der Waals surface area (Å²) in [7, 11) is 2.19. The predicted octanol–water partition coefficient (Wildman–Crippen LogP) is 3.33. The van der Waals surface area contributed by atoms with E-state index in [1.807, 2.05) is 0 Å². The van der Waals surface area contributed by atoms with E-state index in [0.29, 0.717) is 11.0 Å². The Hall–Kier alpha value is -0.920. The summed E-state index contributed by atoms with van der Waals surface area (Å²) >= 11 is 0. The van der Waals surface area contributed by atoms with Crippen molar-refractivity contribution in [2.45, 2.75) is 57.0 Å². The SMILES string of the molecule is C[C@@H]1N(c2cccn2C)C23CCC1(CC2)CC3. The zero-order chi connectivity index (χ0) is 11.7. The Kier molecular flexibility index (Phi) is 1.72. The largest absolute Gasteiger partial charge is 0.349 e. The maximum atomic E-state index is 2.78. The maximum Gasteiger partial charge on any atom is 0.108 e. The first-order chi connectivity index (χ1) is 8.17. The molecule has 92 valence electrons. The van der Waals surface area contributed by atoms with Gasteiger partial charge in [-0.3, -0.25) is 0 Å². The van der Waals surface area contributed by atoms with Gasteiger partial charge in [-0.2, -0.15) is 0 Å². The fraction of sp³-hybridized carbons (Fsp3) is 0.733. The lowest BCUT2D eigenvalue weighted by atomic mass is 9.49. The second-order valence-corrected chi connectivity index (χ2v) is 6.61. The van der Waals surface area contributed by atoms with Crippen molar-refractivity contribution in [3.8, 4) is 0 Å². The van der Waals surface area contributed by atoms with Gasteiger partial charge in [0, 0.05) is 24.8 Å². The molecule has 0 radical (unpaired) electrons. The number of hydrogen-bond donors (Lipinski definition) is 0. The topological polar surface area (TPSA) is 8.17 Å². The fourth-order valence-electron chi connectivity index (χ4n) is 5.01. The molecule has 7 rings (SSSR count). The summed E-state index contributed by atoms with van der Waals surface area (Å²) in [6.45, 7) is 2.47. The first kappa shape index (κ1) is 10.0. The van der Waals surface area contributed by atoms with E-state index in [9.17, 15) is 0 Å². The lowest BCUT2D eigenvalue weighted by Gasteiger charge is -2.70. The number of rotatable bonds is 1. The van der Waals surface area contributed by atoms with E-state index < -0.39 is 0 Å². The molecule has 17 heavy (non-hydrogen) atoms. The van der Waals surface area contributed by atoms with E-state index in [-0.39, 0.29) is 0 Å². The van der Waals surface area contributed by atoms with Crippen LogP contribution in [0.4, 0.5) is 5.82 Å². The van der Waals surface area contributed by atoms with Crippen LogP contribution in [0.2, 0.25) is 0 Å². The van der Waals surface area contributed by atoms with Gasteiger partial charge in [0.15, 0.2) is 0 Å². The van der Waals surface area contributed by atoms with Crippen LogP contribution in [0.25, 0.3) is 0 Å². The van der Waals surface area contributed by atoms with Gasteiger partial charge in [0.1, 0.15) is 5.82 Å². The molecule has 3 aliphatic carbocycles. The summed E-state index contributed by atoms with van der Waals surface area (Å²) < 4.78 is 2.30. The van der Waals surface area contributed by atoms with Crippen LogP contribution in [-0.4, -0.2) is 16.1 Å². The number of hydrogen-bond acceptors (Lipinski definition) is 1. The highest BCUT2D eigenvalue weighted by molar-refractivity contribution is 5.50. The first-order valence-electron chi connectivity index (χ1n) is 7.08. The molecular formula is C15H22N2. The van der Waals surface area contributed by atoms with Crippen molar-refractivity contribution in [3.05, 3.63) is 18.3 Å². The molecular weight excluding hydrogens is 208 g/mol. The first-order valence-corrected chi connectivity index (χ1v) is 7.08. The van der Waals surface area contributed by atoms with Crippen molar-refractivity contribution in [1.29, 1.82) is 0 Å². The van der Waals surface area contributed by atoms with Crippen molar-refractivity contribution in [2.75, 3.05) is 4.90 Å². The van der Waals surface area contributed by atoms with E-state index >= 15 is 0 Å². The summed E-state index contributed by atoms with van der Waals surface area (Å²) in [4.78, 5) is 2.78. The van der Waals surface area contributed by atoms with Gasteiger partial charge in [-0.15, -0.1) is 0 Å². The Balaban J connectivity index is 1.85. The predicted molar refractivity (Wildman–Crippen MR) is 70.2 cm³/mol. The number of nitrogens with zero attached hydrogens (tertiary/aromatic N) is 2. The van der Waals surface area contributed by atoms with Gasteiger partial charge in [-0.1, -0.05) is 0 Å². The molecule has 0 aromatic carbocycles. The van der Waals surface area contributed by atoms with Crippen molar-refractivity contribution >= 4 is 5.82 Å². The average Bonchev–Trinajstić information content (AvgIpc) is 2.77. The summed E-state index contributed by atoms with van der Waals surface area (Å²) in [6.07, 6.45) is 10.9. The highest BCUT2D eigenvalue weighted by Crippen LogP contribution is 2.64. The van der Waals surface area contributed by atoms with Crippen LogP contribution in [0.5, 0.6) is 0 Å². The van der Waals surface area contributed by atoms with Gasteiger partial charge in [-0.25, -0.2) is 0 Å². The minimum Gasteiger partial charge on any atom is -0.349 e. The van der Waals surface area contributed by atoms with Crippen LogP contribution in [0, 0.1) is 5.41 Å². The van der Waals surface area contributed by atoms with E-state index in [4.69, 9.17) is 0 Å². The van der Waals surface area contributed by atoms with Crippen LogP contribution in [-0.2, 0) is 7.05 Å². The smallest absolute Gasteiger partial charge is 0.108 e. The van der Waals surface area contributed by atoms with Gasteiger partial charge >= 0.3 is 0 Å². The molecule has 2 bridgehead atoms. The Morgan fingerprint density at radius 2 is 1.76 bits per heavy atom. The Labute approximate surface area is 104 Å². The molecule has 6 aliphatic rings. The molecule has 0 N–H and O–H groups in total. The summed E-state index contributed by atoms with van der Waals surface area (Å²) in [6, 6.07) is 5.23.